The molecule has 3 nitrogen and oxygen atoms in total. The minimum absolute atomic E-state index is 0.259. The van der Waals surface area contributed by atoms with Gasteiger partial charge in [-0.25, -0.2) is 5.48 Å². The fraction of sp³-hybridized carbons (Fsp3) is 0.947. The van der Waals surface area contributed by atoms with Crippen LogP contribution in [0.25, 0.3) is 0 Å². The minimum Gasteiger partial charge on any atom is -0.289 e. The van der Waals surface area contributed by atoms with Crippen molar-refractivity contribution in [2.75, 3.05) is 0 Å². The largest absolute Gasteiger partial charge is 0.289 e. The van der Waals surface area contributed by atoms with Gasteiger partial charge in [0.15, 0.2) is 0 Å². The van der Waals surface area contributed by atoms with Crippen molar-refractivity contribution in [1.29, 1.82) is 0 Å². The average Bonchev–Trinajstić information content (AvgIpc) is 2.54. The Morgan fingerprint density at radius 2 is 0.955 bits per heavy atom. The molecule has 0 aromatic carbocycles. The van der Waals surface area contributed by atoms with Crippen LogP contribution in [0.5, 0.6) is 0 Å². The second kappa shape index (κ2) is 18.5. The van der Waals surface area contributed by atoms with E-state index in [1.807, 2.05) is 0 Å². The van der Waals surface area contributed by atoms with Crippen LogP contribution in [0.4, 0.5) is 0 Å². The summed E-state index contributed by atoms with van der Waals surface area (Å²) in [5.74, 6) is -0.259. The molecule has 0 aliphatic heterocycles. The lowest BCUT2D eigenvalue weighted by Gasteiger charge is -2.03. The van der Waals surface area contributed by atoms with E-state index in [0.717, 1.165) is 12.8 Å². The summed E-state index contributed by atoms with van der Waals surface area (Å²) in [6.07, 6.45) is 21.8. The zero-order valence-electron chi connectivity index (χ0n) is 14.9. The molecule has 2 N–H and O–H groups in total. The minimum atomic E-state index is -0.259. The van der Waals surface area contributed by atoms with Gasteiger partial charge in [0.1, 0.15) is 0 Å². The Balaban J connectivity index is 2.98. The maximum atomic E-state index is 10.8. The lowest BCUT2D eigenvalue weighted by Crippen LogP contribution is -2.17. The number of nitrogens with one attached hydrogen (secondary N) is 1. The summed E-state index contributed by atoms with van der Waals surface area (Å²) in [6.45, 7) is 2.27. The van der Waals surface area contributed by atoms with E-state index in [0.29, 0.717) is 6.42 Å². The number of hydrogen-bond acceptors (Lipinski definition) is 2. The van der Waals surface area contributed by atoms with E-state index in [4.69, 9.17) is 5.21 Å². The molecule has 0 unspecified atom stereocenters. The quantitative estimate of drug-likeness (QED) is 0.192. The molecular weight excluding hydrogens is 274 g/mol. The molecule has 0 aromatic heterocycles. The van der Waals surface area contributed by atoms with E-state index in [9.17, 15) is 4.79 Å². The van der Waals surface area contributed by atoms with E-state index >= 15 is 0 Å². The van der Waals surface area contributed by atoms with Gasteiger partial charge in [-0.05, 0) is 6.42 Å². The Morgan fingerprint density at radius 1 is 0.636 bits per heavy atom. The normalized spacial score (nSPS) is 10.8. The number of amides is 1. The third kappa shape index (κ3) is 17.5. The molecule has 0 aliphatic carbocycles. The van der Waals surface area contributed by atoms with Gasteiger partial charge in [-0.1, -0.05) is 103 Å². The predicted octanol–water partition coefficient (Wildman–Crippen LogP) is 6.14. The SMILES string of the molecule is CCCCCCCCCCCCCCCCCCC(=O)NO. The van der Waals surface area contributed by atoms with Crippen molar-refractivity contribution < 1.29 is 10.0 Å². The van der Waals surface area contributed by atoms with Crippen molar-refractivity contribution in [3.05, 3.63) is 0 Å². The molecule has 132 valence electrons. The van der Waals surface area contributed by atoms with Crippen molar-refractivity contribution in [2.24, 2.45) is 0 Å². The molecule has 0 bridgehead atoms. The first-order valence-corrected chi connectivity index (χ1v) is 9.74. The summed E-state index contributed by atoms with van der Waals surface area (Å²) >= 11 is 0. The smallest absolute Gasteiger partial charge is 0.243 e. The second-order valence-corrected chi connectivity index (χ2v) is 6.59. The molecule has 0 saturated carbocycles. The highest BCUT2D eigenvalue weighted by atomic mass is 16.5. The predicted molar refractivity (Wildman–Crippen MR) is 94.1 cm³/mol. The van der Waals surface area contributed by atoms with Gasteiger partial charge in [-0.2, -0.15) is 0 Å². The first kappa shape index (κ1) is 21.4. The summed E-state index contributed by atoms with van der Waals surface area (Å²) in [7, 11) is 0. The Kier molecular flexibility index (Phi) is 18.0. The van der Waals surface area contributed by atoms with Gasteiger partial charge >= 0.3 is 0 Å². The van der Waals surface area contributed by atoms with Crippen LogP contribution in [0, 0.1) is 0 Å². The van der Waals surface area contributed by atoms with Crippen molar-refractivity contribution >= 4 is 5.91 Å². The van der Waals surface area contributed by atoms with Crippen LogP contribution in [-0.4, -0.2) is 11.1 Å². The number of hydrogen-bond donors (Lipinski definition) is 2. The Morgan fingerprint density at radius 3 is 1.27 bits per heavy atom. The highest BCUT2D eigenvalue weighted by molar-refractivity contribution is 5.74. The van der Waals surface area contributed by atoms with Gasteiger partial charge in [0.2, 0.25) is 5.91 Å². The van der Waals surface area contributed by atoms with Crippen LogP contribution in [0.2, 0.25) is 0 Å². The number of hydroxylamine groups is 1. The molecule has 0 aromatic rings. The van der Waals surface area contributed by atoms with Crippen LogP contribution < -0.4 is 5.48 Å². The fourth-order valence-corrected chi connectivity index (χ4v) is 2.89. The lowest BCUT2D eigenvalue weighted by molar-refractivity contribution is -0.129. The first-order valence-electron chi connectivity index (χ1n) is 9.74. The highest BCUT2D eigenvalue weighted by Crippen LogP contribution is 2.13. The third-order valence-corrected chi connectivity index (χ3v) is 4.38. The number of carbonyl (C=O) groups excluding carboxylic acids is 1. The average molecular weight is 314 g/mol. The summed E-state index contributed by atoms with van der Waals surface area (Å²) in [5.41, 5.74) is 1.68. The van der Waals surface area contributed by atoms with Gasteiger partial charge in [-0.3, -0.25) is 10.0 Å². The van der Waals surface area contributed by atoms with Crippen molar-refractivity contribution in [3.63, 3.8) is 0 Å². The second-order valence-electron chi connectivity index (χ2n) is 6.59. The molecule has 0 aliphatic rings. The Labute approximate surface area is 138 Å². The molecule has 0 heterocycles. The van der Waals surface area contributed by atoms with E-state index in [-0.39, 0.29) is 5.91 Å². The standard InChI is InChI=1S/C19H39NO2/c1-2-3-4-5-6-7-8-9-10-11-12-13-14-15-16-17-18-19(21)20-22/h22H,2-18H2,1H3,(H,20,21). The van der Waals surface area contributed by atoms with Gasteiger partial charge in [-0.15, -0.1) is 0 Å². The number of rotatable bonds is 17. The van der Waals surface area contributed by atoms with Gasteiger partial charge in [0.05, 0.1) is 0 Å². The van der Waals surface area contributed by atoms with E-state index in [1.165, 1.54) is 89.9 Å². The molecule has 0 rings (SSSR count). The van der Waals surface area contributed by atoms with E-state index in [2.05, 4.69) is 6.92 Å². The van der Waals surface area contributed by atoms with Crippen LogP contribution in [0.3, 0.4) is 0 Å². The molecule has 0 radical (unpaired) electrons. The summed E-state index contributed by atoms with van der Waals surface area (Å²) in [5, 5.41) is 8.36. The molecule has 22 heavy (non-hydrogen) atoms. The van der Waals surface area contributed by atoms with Gasteiger partial charge < -0.3 is 0 Å². The molecule has 0 spiro atoms. The Hall–Kier alpha value is -0.570. The fourth-order valence-electron chi connectivity index (χ4n) is 2.89. The van der Waals surface area contributed by atoms with Crippen molar-refractivity contribution in [2.45, 2.75) is 116 Å². The third-order valence-electron chi connectivity index (χ3n) is 4.38. The van der Waals surface area contributed by atoms with Crippen molar-refractivity contribution in [3.8, 4) is 0 Å². The van der Waals surface area contributed by atoms with Gasteiger partial charge in [0, 0.05) is 6.42 Å². The molecule has 3 heteroatoms. The first-order chi connectivity index (χ1) is 10.8. The highest BCUT2D eigenvalue weighted by Gasteiger charge is 1.98. The molecule has 1 amide bonds. The lowest BCUT2D eigenvalue weighted by atomic mass is 10.0. The zero-order chi connectivity index (χ0) is 16.3. The topological polar surface area (TPSA) is 49.3 Å². The van der Waals surface area contributed by atoms with Crippen molar-refractivity contribution in [1.82, 2.24) is 5.48 Å². The number of unbranched alkanes of at least 4 members (excludes halogenated alkanes) is 15. The number of carbonyl (C=O) groups is 1. The summed E-state index contributed by atoms with van der Waals surface area (Å²) in [6, 6.07) is 0. The summed E-state index contributed by atoms with van der Waals surface area (Å²) in [4.78, 5) is 10.8. The molecular formula is C19H39NO2. The van der Waals surface area contributed by atoms with E-state index < -0.39 is 0 Å². The van der Waals surface area contributed by atoms with E-state index in [1.54, 1.807) is 5.48 Å². The van der Waals surface area contributed by atoms with Crippen LogP contribution >= 0.6 is 0 Å². The molecule has 0 atom stereocenters. The van der Waals surface area contributed by atoms with Crippen LogP contribution in [0.1, 0.15) is 116 Å². The monoisotopic (exact) mass is 313 g/mol. The maximum absolute atomic E-state index is 10.8. The summed E-state index contributed by atoms with van der Waals surface area (Å²) < 4.78 is 0. The zero-order valence-corrected chi connectivity index (χ0v) is 14.9. The Bertz CT molecular complexity index is 231. The van der Waals surface area contributed by atoms with Crippen LogP contribution in [0.15, 0.2) is 0 Å². The molecule has 0 saturated heterocycles. The van der Waals surface area contributed by atoms with Gasteiger partial charge in [0.25, 0.3) is 0 Å². The molecule has 0 fully saturated rings. The van der Waals surface area contributed by atoms with Crippen LogP contribution in [-0.2, 0) is 4.79 Å². The maximum Gasteiger partial charge on any atom is 0.243 e.